The van der Waals surface area contributed by atoms with E-state index in [1.165, 1.54) is 5.56 Å². The van der Waals surface area contributed by atoms with Crippen LogP contribution in [0, 0.1) is 0 Å². The number of hydrogen-bond acceptors (Lipinski definition) is 3. The van der Waals surface area contributed by atoms with Gasteiger partial charge < -0.3 is 5.73 Å². The lowest BCUT2D eigenvalue weighted by Gasteiger charge is -1.99. The van der Waals surface area contributed by atoms with Crippen LogP contribution in [0.5, 0.6) is 0 Å². The van der Waals surface area contributed by atoms with E-state index >= 15 is 0 Å². The normalized spacial score (nSPS) is 10.2. The Balaban J connectivity index is 2.53. The number of hydrogen-bond donors (Lipinski definition) is 1. The monoisotopic (exact) mass is 165 g/mol. The van der Waals surface area contributed by atoms with Gasteiger partial charge in [0.1, 0.15) is 5.82 Å². The zero-order valence-corrected chi connectivity index (χ0v) is 7.45. The fourth-order valence-corrected chi connectivity index (χ4v) is 0.999. The van der Waals surface area contributed by atoms with Crippen molar-refractivity contribution in [2.75, 3.05) is 6.54 Å². The van der Waals surface area contributed by atoms with Crippen molar-refractivity contribution < 1.29 is 0 Å². The van der Waals surface area contributed by atoms with E-state index in [4.69, 9.17) is 5.73 Å². The van der Waals surface area contributed by atoms with Crippen molar-refractivity contribution in [1.29, 1.82) is 0 Å². The molecule has 0 atom stereocenters. The Morgan fingerprint density at radius 3 is 2.50 bits per heavy atom. The van der Waals surface area contributed by atoms with Gasteiger partial charge in [0.25, 0.3) is 0 Å². The van der Waals surface area contributed by atoms with Gasteiger partial charge in [0.15, 0.2) is 0 Å². The molecule has 0 bridgehead atoms. The van der Waals surface area contributed by atoms with Gasteiger partial charge in [-0.2, -0.15) is 0 Å². The third-order valence-electron chi connectivity index (χ3n) is 1.74. The molecule has 3 heteroatoms. The standard InChI is InChI=1S/C9H15N3/c1-2-9-11-6-8(7-12-9)4-3-5-10/h6-7H,2-5,10H2,1H3. The summed E-state index contributed by atoms with van der Waals surface area (Å²) >= 11 is 0. The Morgan fingerprint density at radius 1 is 1.33 bits per heavy atom. The van der Waals surface area contributed by atoms with Crippen LogP contribution in [0.25, 0.3) is 0 Å². The van der Waals surface area contributed by atoms with Crippen LogP contribution >= 0.6 is 0 Å². The maximum atomic E-state index is 5.39. The zero-order chi connectivity index (χ0) is 8.81. The van der Waals surface area contributed by atoms with Crippen LogP contribution in [-0.2, 0) is 12.8 Å². The van der Waals surface area contributed by atoms with Crippen LogP contribution in [-0.4, -0.2) is 16.5 Å². The van der Waals surface area contributed by atoms with E-state index < -0.39 is 0 Å². The minimum absolute atomic E-state index is 0.732. The molecule has 0 aliphatic carbocycles. The van der Waals surface area contributed by atoms with Crippen LogP contribution in [0.15, 0.2) is 12.4 Å². The predicted octanol–water partition coefficient (Wildman–Crippen LogP) is 0.930. The van der Waals surface area contributed by atoms with Gasteiger partial charge in [-0.3, -0.25) is 0 Å². The molecule has 3 nitrogen and oxygen atoms in total. The first-order chi connectivity index (χ1) is 5.86. The van der Waals surface area contributed by atoms with E-state index in [0.29, 0.717) is 0 Å². The van der Waals surface area contributed by atoms with Crippen LogP contribution in [0.3, 0.4) is 0 Å². The minimum atomic E-state index is 0.732. The summed E-state index contributed by atoms with van der Waals surface area (Å²) in [6.07, 6.45) is 6.68. The summed E-state index contributed by atoms with van der Waals surface area (Å²) in [6, 6.07) is 0. The second-order valence-electron chi connectivity index (χ2n) is 2.75. The molecular formula is C9H15N3. The highest BCUT2D eigenvalue weighted by Crippen LogP contribution is 1.99. The fourth-order valence-electron chi connectivity index (χ4n) is 0.999. The van der Waals surface area contributed by atoms with Crippen molar-refractivity contribution in [1.82, 2.24) is 9.97 Å². The van der Waals surface area contributed by atoms with Gasteiger partial charge in [0, 0.05) is 18.8 Å². The quantitative estimate of drug-likeness (QED) is 0.722. The van der Waals surface area contributed by atoms with E-state index in [9.17, 15) is 0 Å². The number of aryl methyl sites for hydroxylation is 2. The summed E-state index contributed by atoms with van der Waals surface area (Å²) in [5, 5.41) is 0. The Morgan fingerprint density at radius 2 is 2.00 bits per heavy atom. The van der Waals surface area contributed by atoms with Gasteiger partial charge in [-0.15, -0.1) is 0 Å². The molecule has 0 radical (unpaired) electrons. The van der Waals surface area contributed by atoms with Gasteiger partial charge in [-0.1, -0.05) is 6.92 Å². The van der Waals surface area contributed by atoms with Crippen LogP contribution < -0.4 is 5.73 Å². The molecular weight excluding hydrogens is 150 g/mol. The second-order valence-corrected chi connectivity index (χ2v) is 2.75. The SMILES string of the molecule is CCc1ncc(CCCN)cn1. The first kappa shape index (κ1) is 9.13. The number of nitrogens with zero attached hydrogens (tertiary/aromatic N) is 2. The molecule has 0 fully saturated rings. The van der Waals surface area contributed by atoms with Crippen molar-refractivity contribution in [3.63, 3.8) is 0 Å². The summed E-state index contributed by atoms with van der Waals surface area (Å²) in [5.74, 6) is 0.909. The Bertz CT molecular complexity index is 218. The molecule has 1 rings (SSSR count). The molecule has 0 saturated heterocycles. The van der Waals surface area contributed by atoms with E-state index in [2.05, 4.69) is 16.9 Å². The lowest BCUT2D eigenvalue weighted by molar-refractivity contribution is 0.813. The van der Waals surface area contributed by atoms with Crippen molar-refractivity contribution in [3.8, 4) is 0 Å². The highest BCUT2D eigenvalue weighted by Gasteiger charge is 1.94. The molecule has 1 aromatic heterocycles. The molecule has 0 aliphatic heterocycles. The number of rotatable bonds is 4. The third kappa shape index (κ3) is 2.58. The molecule has 0 spiro atoms. The number of aromatic nitrogens is 2. The molecule has 0 aliphatic rings. The maximum Gasteiger partial charge on any atom is 0.127 e. The van der Waals surface area contributed by atoms with Crippen molar-refractivity contribution in [2.24, 2.45) is 5.73 Å². The molecule has 1 heterocycles. The highest BCUT2D eigenvalue weighted by molar-refractivity contribution is 5.05. The topological polar surface area (TPSA) is 51.8 Å². The third-order valence-corrected chi connectivity index (χ3v) is 1.74. The second kappa shape index (κ2) is 4.83. The average Bonchev–Trinajstić information content (AvgIpc) is 2.15. The van der Waals surface area contributed by atoms with Crippen LogP contribution in [0.1, 0.15) is 24.7 Å². The van der Waals surface area contributed by atoms with Crippen molar-refractivity contribution in [3.05, 3.63) is 23.8 Å². The lowest BCUT2D eigenvalue weighted by Crippen LogP contribution is -2.01. The molecule has 66 valence electrons. The lowest BCUT2D eigenvalue weighted by atomic mass is 10.2. The van der Waals surface area contributed by atoms with E-state index in [1.807, 2.05) is 12.4 Å². The summed E-state index contributed by atoms with van der Waals surface area (Å²) in [4.78, 5) is 8.40. The summed E-state index contributed by atoms with van der Waals surface area (Å²) in [5.41, 5.74) is 6.57. The summed E-state index contributed by atoms with van der Waals surface area (Å²) in [6.45, 7) is 2.78. The van der Waals surface area contributed by atoms with Crippen molar-refractivity contribution >= 4 is 0 Å². The fraction of sp³-hybridized carbons (Fsp3) is 0.556. The Hall–Kier alpha value is -0.960. The van der Waals surface area contributed by atoms with E-state index in [0.717, 1.165) is 31.6 Å². The molecule has 1 aromatic rings. The Kier molecular flexibility index (Phi) is 3.67. The summed E-state index contributed by atoms with van der Waals surface area (Å²) < 4.78 is 0. The zero-order valence-electron chi connectivity index (χ0n) is 7.45. The molecule has 2 N–H and O–H groups in total. The Labute approximate surface area is 73.0 Å². The predicted molar refractivity (Wildman–Crippen MR) is 48.8 cm³/mol. The van der Waals surface area contributed by atoms with Gasteiger partial charge in [-0.25, -0.2) is 9.97 Å². The summed E-state index contributed by atoms with van der Waals surface area (Å²) in [7, 11) is 0. The largest absolute Gasteiger partial charge is 0.330 e. The molecule has 0 aromatic carbocycles. The average molecular weight is 165 g/mol. The number of nitrogens with two attached hydrogens (primary N) is 1. The first-order valence-electron chi connectivity index (χ1n) is 4.36. The van der Waals surface area contributed by atoms with Crippen molar-refractivity contribution in [2.45, 2.75) is 26.2 Å². The molecule has 12 heavy (non-hydrogen) atoms. The van der Waals surface area contributed by atoms with Gasteiger partial charge in [-0.05, 0) is 24.9 Å². The first-order valence-corrected chi connectivity index (χ1v) is 4.36. The molecule has 0 amide bonds. The van der Waals surface area contributed by atoms with E-state index in [1.54, 1.807) is 0 Å². The van der Waals surface area contributed by atoms with E-state index in [-0.39, 0.29) is 0 Å². The highest BCUT2D eigenvalue weighted by atomic mass is 14.9. The molecule has 0 saturated carbocycles. The van der Waals surface area contributed by atoms with Gasteiger partial charge in [0.2, 0.25) is 0 Å². The van der Waals surface area contributed by atoms with Crippen LogP contribution in [0.2, 0.25) is 0 Å². The molecule has 0 unspecified atom stereocenters. The maximum absolute atomic E-state index is 5.39. The smallest absolute Gasteiger partial charge is 0.127 e. The van der Waals surface area contributed by atoms with Gasteiger partial charge >= 0.3 is 0 Å². The van der Waals surface area contributed by atoms with Gasteiger partial charge in [0.05, 0.1) is 0 Å². The minimum Gasteiger partial charge on any atom is -0.330 e. The van der Waals surface area contributed by atoms with Crippen LogP contribution in [0.4, 0.5) is 0 Å².